The van der Waals surface area contributed by atoms with Gasteiger partial charge in [0, 0.05) is 30.2 Å². The maximum atomic E-state index is 15.0. The van der Waals surface area contributed by atoms with E-state index in [9.17, 15) is 18.8 Å². The summed E-state index contributed by atoms with van der Waals surface area (Å²) < 4.78 is 54.6. The molecule has 0 saturated heterocycles. The van der Waals surface area contributed by atoms with E-state index in [4.69, 9.17) is 15.2 Å². The highest BCUT2D eigenvalue weighted by Crippen LogP contribution is 2.27. The van der Waals surface area contributed by atoms with Crippen molar-refractivity contribution in [3.63, 3.8) is 0 Å². The summed E-state index contributed by atoms with van der Waals surface area (Å²) in [5.74, 6) is -4.29. The second-order valence-corrected chi connectivity index (χ2v) is 9.08. The minimum atomic E-state index is -1.12. The number of benzene rings is 2. The summed E-state index contributed by atoms with van der Waals surface area (Å²) in [5, 5.41) is 0. The molecule has 0 spiro atoms. The van der Waals surface area contributed by atoms with Crippen LogP contribution in [0.4, 0.5) is 19.0 Å². The van der Waals surface area contributed by atoms with Crippen LogP contribution in [0.2, 0.25) is 0 Å². The van der Waals surface area contributed by atoms with Gasteiger partial charge in [-0.25, -0.2) is 13.2 Å². The number of ether oxygens (including phenoxy) is 2. The lowest BCUT2D eigenvalue weighted by atomic mass is 10.0. The second kappa shape index (κ2) is 12.0. The number of anilines is 1. The number of unbranched alkanes of at least 4 members (excludes halogenated alkanes) is 1. The van der Waals surface area contributed by atoms with E-state index in [-0.39, 0.29) is 42.0 Å². The summed E-state index contributed by atoms with van der Waals surface area (Å²) in [5.41, 5.74) is 4.31. The van der Waals surface area contributed by atoms with Crippen molar-refractivity contribution in [1.82, 2.24) is 4.57 Å². The smallest absolute Gasteiger partial charge is 0.306 e. The topological polar surface area (TPSA) is 101 Å². The number of nitrogens with zero attached hydrogens (tertiary/aromatic N) is 1. The first kappa shape index (κ1) is 27.0. The number of nitrogen functional groups attached to an aromatic ring is 1. The number of carbonyl (C=O) groups excluding carboxylic acids is 2. The van der Waals surface area contributed by atoms with Gasteiger partial charge in [0.15, 0.2) is 17.4 Å². The van der Waals surface area contributed by atoms with Gasteiger partial charge in [0.05, 0.1) is 12.2 Å². The molecule has 0 amide bonds. The summed E-state index contributed by atoms with van der Waals surface area (Å²) in [4.78, 5) is 37.2. The van der Waals surface area contributed by atoms with Crippen LogP contribution in [0.25, 0.3) is 5.69 Å². The minimum Gasteiger partial charge on any atom is -0.493 e. The van der Waals surface area contributed by atoms with Crippen LogP contribution in [-0.2, 0) is 9.53 Å². The maximum Gasteiger partial charge on any atom is 0.306 e. The van der Waals surface area contributed by atoms with Crippen LogP contribution >= 0.6 is 0 Å². The molecule has 1 fully saturated rings. The first-order valence-electron chi connectivity index (χ1n) is 12.4. The summed E-state index contributed by atoms with van der Waals surface area (Å²) >= 11 is 0. The molecule has 1 aliphatic rings. The second-order valence-electron chi connectivity index (χ2n) is 9.08. The molecule has 0 unspecified atom stereocenters. The van der Waals surface area contributed by atoms with Gasteiger partial charge in [-0.05, 0) is 68.9 Å². The number of esters is 1. The van der Waals surface area contributed by atoms with Crippen LogP contribution in [0, 0.1) is 17.5 Å². The number of hydrogen-bond acceptors (Lipinski definition) is 6. The van der Waals surface area contributed by atoms with E-state index < -0.39 is 40.3 Å². The van der Waals surface area contributed by atoms with E-state index in [0.717, 1.165) is 62.1 Å². The average molecular weight is 529 g/mol. The Hall–Kier alpha value is -4.08. The van der Waals surface area contributed by atoms with E-state index in [0.29, 0.717) is 17.4 Å². The number of hydrogen-bond donors (Lipinski definition) is 1. The van der Waals surface area contributed by atoms with Gasteiger partial charge in [0.2, 0.25) is 0 Å². The third-order valence-electron chi connectivity index (χ3n) is 6.34. The molecule has 3 aromatic rings. The molecule has 200 valence electrons. The lowest BCUT2D eigenvalue weighted by molar-refractivity contribution is -0.148. The van der Waals surface area contributed by atoms with Gasteiger partial charge in [-0.1, -0.05) is 0 Å². The van der Waals surface area contributed by atoms with Crippen LogP contribution < -0.4 is 16.0 Å². The molecule has 1 aromatic heterocycles. The van der Waals surface area contributed by atoms with E-state index in [2.05, 4.69) is 0 Å². The third kappa shape index (κ3) is 6.24. The zero-order chi connectivity index (χ0) is 27.2. The first-order valence-corrected chi connectivity index (χ1v) is 12.4. The molecule has 0 bridgehead atoms. The quantitative estimate of drug-likeness (QED) is 0.223. The molecule has 2 N–H and O–H groups in total. The number of pyridine rings is 1. The van der Waals surface area contributed by atoms with E-state index in [1.807, 2.05) is 0 Å². The van der Waals surface area contributed by atoms with E-state index >= 15 is 8.78 Å². The van der Waals surface area contributed by atoms with Crippen molar-refractivity contribution in [2.75, 3.05) is 12.3 Å². The lowest BCUT2D eigenvalue weighted by Crippen LogP contribution is -2.25. The molecule has 7 nitrogen and oxygen atoms in total. The number of halogens is 3. The van der Waals surface area contributed by atoms with Crippen molar-refractivity contribution in [3.8, 4) is 11.4 Å². The molecule has 38 heavy (non-hydrogen) atoms. The SMILES string of the molecule is Nc1c(C(=O)c2ccc(F)cc2)ccc(=O)n1-c1c(F)cc(OCCCCC(=O)OC2CCCC2)cc1F. The van der Waals surface area contributed by atoms with Crippen LogP contribution in [0.5, 0.6) is 5.75 Å². The Balaban J connectivity index is 1.43. The molecular formula is C28H27F3N2O5. The third-order valence-corrected chi connectivity index (χ3v) is 6.34. The van der Waals surface area contributed by atoms with Gasteiger partial charge < -0.3 is 15.2 Å². The normalized spacial score (nSPS) is 13.4. The summed E-state index contributed by atoms with van der Waals surface area (Å²) in [6.07, 6.45) is 5.13. The zero-order valence-electron chi connectivity index (χ0n) is 20.6. The Morgan fingerprint density at radius 1 is 0.947 bits per heavy atom. The highest BCUT2D eigenvalue weighted by atomic mass is 19.1. The maximum absolute atomic E-state index is 15.0. The highest BCUT2D eigenvalue weighted by molar-refractivity contribution is 6.11. The Morgan fingerprint density at radius 3 is 2.26 bits per heavy atom. The average Bonchev–Trinajstić information content (AvgIpc) is 3.38. The van der Waals surface area contributed by atoms with Gasteiger partial charge in [-0.3, -0.25) is 19.0 Å². The van der Waals surface area contributed by atoms with Crippen molar-refractivity contribution in [2.24, 2.45) is 0 Å². The number of nitrogens with two attached hydrogens (primary N) is 1. The van der Waals surface area contributed by atoms with Gasteiger partial charge in [0.25, 0.3) is 5.56 Å². The molecule has 1 saturated carbocycles. The first-order chi connectivity index (χ1) is 18.2. The molecule has 0 radical (unpaired) electrons. The fourth-order valence-corrected chi connectivity index (χ4v) is 4.38. The number of carbonyl (C=O) groups is 2. The van der Waals surface area contributed by atoms with Gasteiger partial charge in [-0.2, -0.15) is 0 Å². The Kier molecular flexibility index (Phi) is 8.50. The van der Waals surface area contributed by atoms with Crippen molar-refractivity contribution in [3.05, 3.63) is 87.5 Å². The van der Waals surface area contributed by atoms with Crippen molar-refractivity contribution in [1.29, 1.82) is 0 Å². The Bertz CT molecular complexity index is 1360. The fourth-order valence-electron chi connectivity index (χ4n) is 4.38. The molecule has 0 atom stereocenters. The zero-order valence-corrected chi connectivity index (χ0v) is 20.6. The number of aromatic nitrogens is 1. The Morgan fingerprint density at radius 2 is 1.61 bits per heavy atom. The van der Waals surface area contributed by atoms with Crippen molar-refractivity contribution < 1.29 is 32.2 Å². The summed E-state index contributed by atoms with van der Waals surface area (Å²) in [6, 6.07) is 8.57. The molecule has 0 aliphatic heterocycles. The molecule has 1 aliphatic carbocycles. The predicted molar refractivity (Wildman–Crippen MR) is 134 cm³/mol. The predicted octanol–water partition coefficient (Wildman–Crippen LogP) is 5.10. The number of rotatable bonds is 10. The van der Waals surface area contributed by atoms with Crippen molar-refractivity contribution in [2.45, 2.75) is 51.0 Å². The summed E-state index contributed by atoms with van der Waals surface area (Å²) in [6.45, 7) is 0.110. The minimum absolute atomic E-state index is 0.00600. The number of ketones is 1. The molecular weight excluding hydrogens is 501 g/mol. The fraction of sp³-hybridized carbons (Fsp3) is 0.321. The van der Waals surface area contributed by atoms with Gasteiger partial charge in [0.1, 0.15) is 29.2 Å². The molecule has 2 aromatic carbocycles. The molecule has 1 heterocycles. The monoisotopic (exact) mass is 528 g/mol. The summed E-state index contributed by atoms with van der Waals surface area (Å²) in [7, 11) is 0. The lowest BCUT2D eigenvalue weighted by Gasteiger charge is -2.16. The van der Waals surface area contributed by atoms with Crippen LogP contribution in [-0.4, -0.2) is 29.0 Å². The van der Waals surface area contributed by atoms with Gasteiger partial charge >= 0.3 is 5.97 Å². The van der Waals surface area contributed by atoms with Crippen LogP contribution in [0.3, 0.4) is 0 Å². The van der Waals surface area contributed by atoms with Crippen LogP contribution in [0.15, 0.2) is 53.3 Å². The van der Waals surface area contributed by atoms with Crippen LogP contribution in [0.1, 0.15) is 60.9 Å². The van der Waals surface area contributed by atoms with E-state index in [1.165, 1.54) is 12.1 Å². The molecule has 10 heteroatoms. The largest absolute Gasteiger partial charge is 0.493 e. The Labute approximate surface area is 217 Å². The molecule has 4 rings (SSSR count). The van der Waals surface area contributed by atoms with Gasteiger partial charge in [-0.15, -0.1) is 0 Å². The van der Waals surface area contributed by atoms with E-state index in [1.54, 1.807) is 0 Å². The van der Waals surface area contributed by atoms with Crippen molar-refractivity contribution >= 4 is 17.6 Å². The highest BCUT2D eigenvalue weighted by Gasteiger charge is 2.22. The standard InChI is InChI=1S/C28H27F3N2O5/c29-18-10-8-17(9-11-18)27(36)21-12-13-24(34)33(28(21)32)26-22(30)15-20(16-23(26)31)37-14-4-3-7-25(35)38-19-5-1-2-6-19/h8-13,15-16,19H,1-7,14,32H2.